The molecular formula is C25H23N3O. The van der Waals surface area contributed by atoms with Crippen LogP contribution in [-0.4, -0.2) is 16.5 Å². The van der Waals surface area contributed by atoms with Crippen LogP contribution in [0.4, 0.5) is 0 Å². The van der Waals surface area contributed by atoms with Gasteiger partial charge in [0.15, 0.2) is 0 Å². The first-order valence-electron chi connectivity index (χ1n) is 10.0. The molecule has 4 aromatic rings. The van der Waals surface area contributed by atoms with Gasteiger partial charge in [0.25, 0.3) is 0 Å². The number of nitrogens with zero attached hydrogens (tertiary/aromatic N) is 1. The van der Waals surface area contributed by atoms with Gasteiger partial charge in [-0.1, -0.05) is 42.5 Å². The zero-order valence-electron chi connectivity index (χ0n) is 16.1. The van der Waals surface area contributed by atoms with Gasteiger partial charge in [-0.25, -0.2) is 0 Å². The molecule has 0 saturated heterocycles. The minimum Gasteiger partial charge on any atom is -0.481 e. The van der Waals surface area contributed by atoms with E-state index in [0.29, 0.717) is 0 Å². The number of benzene rings is 2. The predicted molar refractivity (Wildman–Crippen MR) is 117 cm³/mol. The molecule has 0 fully saturated rings. The predicted octanol–water partition coefficient (Wildman–Crippen LogP) is 5.04. The van der Waals surface area contributed by atoms with Gasteiger partial charge in [0, 0.05) is 47.2 Å². The molecule has 1 aliphatic heterocycles. The Morgan fingerprint density at radius 1 is 1.03 bits per heavy atom. The summed E-state index contributed by atoms with van der Waals surface area (Å²) in [6.45, 7) is 1.81. The topological polar surface area (TPSA) is 49.9 Å². The number of H-pyrrole nitrogens is 1. The summed E-state index contributed by atoms with van der Waals surface area (Å²) in [6, 6.07) is 18.7. The molecule has 5 rings (SSSR count). The van der Waals surface area contributed by atoms with Crippen molar-refractivity contribution >= 4 is 17.0 Å². The molecule has 1 aliphatic rings. The maximum Gasteiger partial charge on any atom is 0.144 e. The maximum absolute atomic E-state index is 6.28. The highest BCUT2D eigenvalue weighted by Gasteiger charge is 2.20. The lowest BCUT2D eigenvalue weighted by Gasteiger charge is -2.22. The van der Waals surface area contributed by atoms with Crippen LogP contribution in [0.3, 0.4) is 0 Å². The number of rotatable bonds is 6. The standard InChI is InChI=1S/C25H23N3O/c1-2-5-18(6-3-1)15-27-14-12-20-17-28-22-9-11-24-21(25(20)22)8-10-23(29-24)19-7-4-13-26-16-19/h1-11,13,16-17,23,27-28H,12,14-15H2. The highest BCUT2D eigenvalue weighted by atomic mass is 16.5. The second-order valence-electron chi connectivity index (χ2n) is 7.31. The Kier molecular flexibility index (Phi) is 4.85. The van der Waals surface area contributed by atoms with Gasteiger partial charge < -0.3 is 15.0 Å². The number of hydrogen-bond donors (Lipinski definition) is 2. The minimum absolute atomic E-state index is 0.0939. The summed E-state index contributed by atoms with van der Waals surface area (Å²) in [7, 11) is 0. The Labute approximate surface area is 170 Å². The molecule has 2 N–H and O–H groups in total. The van der Waals surface area contributed by atoms with Crippen molar-refractivity contribution < 1.29 is 4.74 Å². The molecule has 29 heavy (non-hydrogen) atoms. The van der Waals surface area contributed by atoms with Gasteiger partial charge in [0.05, 0.1) is 0 Å². The molecule has 0 radical (unpaired) electrons. The van der Waals surface area contributed by atoms with Gasteiger partial charge in [-0.15, -0.1) is 0 Å². The molecule has 0 saturated carbocycles. The molecule has 1 unspecified atom stereocenters. The molecule has 0 aliphatic carbocycles. The molecule has 3 heterocycles. The second-order valence-corrected chi connectivity index (χ2v) is 7.31. The molecule has 0 amide bonds. The molecule has 0 bridgehead atoms. The van der Waals surface area contributed by atoms with Crippen molar-refractivity contribution in [2.24, 2.45) is 0 Å². The van der Waals surface area contributed by atoms with Gasteiger partial charge >= 0.3 is 0 Å². The summed E-state index contributed by atoms with van der Waals surface area (Å²) < 4.78 is 6.28. The monoisotopic (exact) mass is 381 g/mol. The molecule has 4 heteroatoms. The van der Waals surface area contributed by atoms with E-state index >= 15 is 0 Å². The Bertz CT molecular complexity index is 1130. The third kappa shape index (κ3) is 3.67. The average molecular weight is 381 g/mol. The zero-order chi connectivity index (χ0) is 19.5. The van der Waals surface area contributed by atoms with E-state index in [9.17, 15) is 0 Å². The van der Waals surface area contributed by atoms with Crippen molar-refractivity contribution in [2.45, 2.75) is 19.1 Å². The molecule has 1 atom stereocenters. The van der Waals surface area contributed by atoms with Crippen LogP contribution in [0, 0.1) is 0 Å². The largest absolute Gasteiger partial charge is 0.481 e. The Hall–Kier alpha value is -3.37. The Morgan fingerprint density at radius 2 is 1.97 bits per heavy atom. The van der Waals surface area contributed by atoms with E-state index in [4.69, 9.17) is 4.74 Å². The lowest BCUT2D eigenvalue weighted by atomic mass is 9.99. The number of aromatic amines is 1. The summed E-state index contributed by atoms with van der Waals surface area (Å²) in [6.07, 6.45) is 10.9. The van der Waals surface area contributed by atoms with E-state index in [2.05, 4.69) is 70.0 Å². The average Bonchev–Trinajstić information content (AvgIpc) is 3.21. The van der Waals surface area contributed by atoms with Crippen molar-refractivity contribution in [2.75, 3.05) is 6.54 Å². The summed E-state index contributed by atoms with van der Waals surface area (Å²) in [5.41, 5.74) is 5.98. The van der Waals surface area contributed by atoms with Crippen molar-refractivity contribution in [1.82, 2.24) is 15.3 Å². The lowest BCUT2D eigenvalue weighted by molar-refractivity contribution is 0.252. The van der Waals surface area contributed by atoms with E-state index in [1.165, 1.54) is 16.5 Å². The van der Waals surface area contributed by atoms with Gasteiger partial charge in [-0.3, -0.25) is 4.98 Å². The second kappa shape index (κ2) is 7.94. The highest BCUT2D eigenvalue weighted by molar-refractivity contribution is 5.94. The molecule has 4 nitrogen and oxygen atoms in total. The number of ether oxygens (including phenoxy) is 1. The first-order chi connectivity index (χ1) is 14.4. The van der Waals surface area contributed by atoms with Crippen molar-refractivity contribution in [1.29, 1.82) is 0 Å². The Balaban J connectivity index is 1.34. The summed E-state index contributed by atoms with van der Waals surface area (Å²) in [5.74, 6) is 0.923. The van der Waals surface area contributed by atoms with Crippen LogP contribution in [0.5, 0.6) is 5.75 Å². The minimum atomic E-state index is -0.0939. The van der Waals surface area contributed by atoms with Crippen LogP contribution in [0.25, 0.3) is 17.0 Å². The van der Waals surface area contributed by atoms with Crippen LogP contribution in [0.15, 0.2) is 79.3 Å². The highest BCUT2D eigenvalue weighted by Crippen LogP contribution is 2.38. The summed E-state index contributed by atoms with van der Waals surface area (Å²) in [5, 5.41) is 4.80. The van der Waals surface area contributed by atoms with E-state index in [1.807, 2.05) is 24.4 Å². The lowest BCUT2D eigenvalue weighted by Crippen LogP contribution is -2.16. The fourth-order valence-corrected chi connectivity index (χ4v) is 3.90. The van der Waals surface area contributed by atoms with Crippen LogP contribution in [0.2, 0.25) is 0 Å². The van der Waals surface area contributed by atoms with Crippen LogP contribution < -0.4 is 10.1 Å². The molecule has 144 valence electrons. The van der Waals surface area contributed by atoms with Gasteiger partial charge in [-0.2, -0.15) is 0 Å². The SMILES string of the molecule is C1=CC(c2cccnc2)Oc2ccc3[nH]cc(CCNCc4ccccc4)c3c21. The third-order valence-corrected chi connectivity index (χ3v) is 5.38. The van der Waals surface area contributed by atoms with Gasteiger partial charge in [0.2, 0.25) is 0 Å². The van der Waals surface area contributed by atoms with Crippen LogP contribution in [-0.2, 0) is 13.0 Å². The van der Waals surface area contributed by atoms with Crippen LogP contribution in [0.1, 0.15) is 28.4 Å². The first-order valence-corrected chi connectivity index (χ1v) is 10.0. The Morgan fingerprint density at radius 3 is 2.83 bits per heavy atom. The fraction of sp³-hybridized carbons (Fsp3) is 0.160. The summed E-state index contributed by atoms with van der Waals surface area (Å²) >= 11 is 0. The first kappa shape index (κ1) is 17.7. The quantitative estimate of drug-likeness (QED) is 0.460. The van der Waals surface area contributed by atoms with Crippen molar-refractivity contribution in [3.05, 3.63) is 102 Å². The van der Waals surface area contributed by atoms with E-state index in [-0.39, 0.29) is 6.10 Å². The normalized spacial score (nSPS) is 15.2. The number of pyridine rings is 1. The summed E-state index contributed by atoms with van der Waals surface area (Å²) in [4.78, 5) is 7.62. The van der Waals surface area contributed by atoms with E-state index in [1.54, 1.807) is 6.20 Å². The molecule has 2 aromatic heterocycles. The third-order valence-electron chi connectivity index (χ3n) is 5.38. The smallest absolute Gasteiger partial charge is 0.144 e. The van der Waals surface area contributed by atoms with Gasteiger partial charge in [0.1, 0.15) is 11.9 Å². The number of hydrogen-bond acceptors (Lipinski definition) is 3. The molecule has 0 spiro atoms. The van der Waals surface area contributed by atoms with Crippen molar-refractivity contribution in [3.63, 3.8) is 0 Å². The van der Waals surface area contributed by atoms with Crippen LogP contribution >= 0.6 is 0 Å². The van der Waals surface area contributed by atoms with E-state index < -0.39 is 0 Å². The number of fused-ring (bicyclic) bond motifs is 3. The molecule has 2 aromatic carbocycles. The van der Waals surface area contributed by atoms with E-state index in [0.717, 1.165) is 41.9 Å². The van der Waals surface area contributed by atoms with Crippen molar-refractivity contribution in [3.8, 4) is 5.75 Å². The van der Waals surface area contributed by atoms with Gasteiger partial charge in [-0.05, 0) is 48.4 Å². The zero-order valence-corrected chi connectivity index (χ0v) is 16.1. The maximum atomic E-state index is 6.28. The molecular weight excluding hydrogens is 358 g/mol. The number of nitrogens with one attached hydrogen (secondary N) is 2. The number of aromatic nitrogens is 2. The fourth-order valence-electron chi connectivity index (χ4n) is 3.90.